The molecule has 1 aliphatic heterocycles. The van der Waals surface area contributed by atoms with Crippen LogP contribution in [0.3, 0.4) is 0 Å². The van der Waals surface area contributed by atoms with Gasteiger partial charge in [0, 0.05) is 31.2 Å². The van der Waals surface area contributed by atoms with Crippen molar-refractivity contribution < 1.29 is 9.53 Å². The summed E-state index contributed by atoms with van der Waals surface area (Å²) in [6.07, 6.45) is 3.54. The third-order valence-electron chi connectivity index (χ3n) is 5.81. The van der Waals surface area contributed by atoms with Crippen LogP contribution in [0.2, 0.25) is 0 Å². The number of hydrogen-bond acceptors (Lipinski definition) is 3. The lowest BCUT2D eigenvalue weighted by atomic mass is 10.1. The van der Waals surface area contributed by atoms with E-state index in [2.05, 4.69) is 46.6 Å². The van der Waals surface area contributed by atoms with Crippen molar-refractivity contribution >= 4 is 11.6 Å². The van der Waals surface area contributed by atoms with Gasteiger partial charge in [-0.1, -0.05) is 60.7 Å². The number of benzene rings is 3. The van der Waals surface area contributed by atoms with Crippen molar-refractivity contribution in [1.82, 2.24) is 5.32 Å². The van der Waals surface area contributed by atoms with Gasteiger partial charge in [0.2, 0.25) is 5.91 Å². The molecule has 4 rings (SSSR count). The van der Waals surface area contributed by atoms with Crippen LogP contribution in [-0.2, 0) is 17.8 Å². The Balaban J connectivity index is 1.19. The van der Waals surface area contributed by atoms with Crippen molar-refractivity contribution in [3.05, 3.63) is 96.1 Å². The van der Waals surface area contributed by atoms with Crippen LogP contribution >= 0.6 is 0 Å². The Bertz CT molecular complexity index is 942. The van der Waals surface area contributed by atoms with Crippen LogP contribution in [0.15, 0.2) is 84.9 Å². The van der Waals surface area contributed by atoms with Crippen LogP contribution in [0.5, 0.6) is 5.75 Å². The zero-order chi connectivity index (χ0) is 21.3. The van der Waals surface area contributed by atoms with E-state index in [0.29, 0.717) is 25.6 Å². The molecule has 0 aromatic heterocycles. The molecule has 3 aromatic rings. The monoisotopic (exact) mass is 414 g/mol. The molecule has 160 valence electrons. The van der Waals surface area contributed by atoms with Crippen molar-refractivity contribution in [3.63, 3.8) is 0 Å². The molecule has 4 heteroatoms. The van der Waals surface area contributed by atoms with Gasteiger partial charge in [-0.2, -0.15) is 0 Å². The summed E-state index contributed by atoms with van der Waals surface area (Å²) in [5.41, 5.74) is 3.54. The second kappa shape index (κ2) is 10.7. The molecule has 3 aromatic carbocycles. The number of rotatable bonds is 9. The van der Waals surface area contributed by atoms with Gasteiger partial charge < -0.3 is 15.0 Å². The number of carbonyl (C=O) groups is 1. The minimum Gasteiger partial charge on any atom is -0.489 e. The van der Waals surface area contributed by atoms with E-state index < -0.39 is 0 Å². The lowest BCUT2D eigenvalue weighted by Crippen LogP contribution is -2.40. The summed E-state index contributed by atoms with van der Waals surface area (Å²) in [6.45, 7) is 2.33. The Morgan fingerprint density at radius 1 is 0.903 bits per heavy atom. The Morgan fingerprint density at radius 2 is 1.61 bits per heavy atom. The van der Waals surface area contributed by atoms with E-state index >= 15 is 0 Å². The Labute approximate surface area is 184 Å². The summed E-state index contributed by atoms with van der Waals surface area (Å²) in [6, 6.07) is 29.0. The minimum atomic E-state index is 0.115. The number of hydrogen-bond donors (Lipinski definition) is 1. The van der Waals surface area contributed by atoms with E-state index in [4.69, 9.17) is 4.74 Å². The molecule has 31 heavy (non-hydrogen) atoms. The second-order valence-corrected chi connectivity index (χ2v) is 8.05. The molecule has 1 fully saturated rings. The molecule has 0 aliphatic carbocycles. The summed E-state index contributed by atoms with van der Waals surface area (Å²) in [5.74, 6) is 0.962. The fourth-order valence-electron chi connectivity index (χ4n) is 4.08. The van der Waals surface area contributed by atoms with Gasteiger partial charge in [-0.15, -0.1) is 0 Å². The van der Waals surface area contributed by atoms with Crippen molar-refractivity contribution in [2.24, 2.45) is 0 Å². The largest absolute Gasteiger partial charge is 0.489 e. The van der Waals surface area contributed by atoms with E-state index in [1.165, 1.54) is 12.1 Å². The van der Waals surface area contributed by atoms with Gasteiger partial charge in [-0.25, -0.2) is 0 Å². The molecule has 1 atom stereocenters. The highest BCUT2D eigenvalue weighted by atomic mass is 16.5. The maximum Gasteiger partial charge on any atom is 0.220 e. The Hall–Kier alpha value is -3.27. The molecular weight excluding hydrogens is 384 g/mol. The van der Waals surface area contributed by atoms with Crippen LogP contribution in [0.1, 0.15) is 30.4 Å². The molecule has 0 spiro atoms. The Kier molecular flexibility index (Phi) is 7.22. The average Bonchev–Trinajstić information content (AvgIpc) is 3.31. The fraction of sp³-hybridized carbons (Fsp3) is 0.296. The van der Waals surface area contributed by atoms with Crippen molar-refractivity contribution in [3.8, 4) is 5.75 Å². The number of aryl methyl sites for hydroxylation is 1. The zero-order valence-electron chi connectivity index (χ0n) is 17.9. The molecule has 1 amide bonds. The van der Waals surface area contributed by atoms with Crippen molar-refractivity contribution in [2.75, 3.05) is 18.0 Å². The zero-order valence-corrected chi connectivity index (χ0v) is 17.9. The average molecular weight is 415 g/mol. The number of nitrogens with zero attached hydrogens (tertiary/aromatic N) is 1. The quantitative estimate of drug-likeness (QED) is 0.537. The highest BCUT2D eigenvalue weighted by molar-refractivity contribution is 5.76. The molecule has 1 heterocycles. The summed E-state index contributed by atoms with van der Waals surface area (Å²) in [7, 11) is 0. The smallest absolute Gasteiger partial charge is 0.220 e. The van der Waals surface area contributed by atoms with Crippen molar-refractivity contribution in [2.45, 2.75) is 38.3 Å². The van der Waals surface area contributed by atoms with Gasteiger partial charge >= 0.3 is 0 Å². The molecule has 1 N–H and O–H groups in total. The van der Waals surface area contributed by atoms with Gasteiger partial charge in [-0.3, -0.25) is 4.79 Å². The summed E-state index contributed by atoms with van der Waals surface area (Å²) in [5, 5.41) is 3.14. The molecular formula is C27H30N2O2. The van der Waals surface area contributed by atoms with Crippen LogP contribution < -0.4 is 15.0 Å². The van der Waals surface area contributed by atoms with E-state index in [1.54, 1.807) is 0 Å². The maximum atomic E-state index is 12.4. The van der Waals surface area contributed by atoms with Crippen LogP contribution in [0.25, 0.3) is 0 Å². The van der Waals surface area contributed by atoms with Crippen LogP contribution in [0, 0.1) is 0 Å². The molecule has 0 bridgehead atoms. The first-order valence-electron chi connectivity index (χ1n) is 11.1. The topological polar surface area (TPSA) is 41.6 Å². The second-order valence-electron chi connectivity index (χ2n) is 8.05. The molecule has 0 radical (unpaired) electrons. The number of anilines is 1. The SMILES string of the molecule is O=C(CCc1ccc(OCc2ccccc2)cc1)NCC1CCCN1c1ccccc1. The van der Waals surface area contributed by atoms with E-state index in [1.807, 2.05) is 48.5 Å². The third kappa shape index (κ3) is 6.11. The maximum absolute atomic E-state index is 12.4. The van der Waals surface area contributed by atoms with E-state index in [-0.39, 0.29) is 5.91 Å². The number of para-hydroxylation sites is 1. The van der Waals surface area contributed by atoms with Crippen LogP contribution in [-0.4, -0.2) is 25.0 Å². The van der Waals surface area contributed by atoms with Crippen LogP contribution in [0.4, 0.5) is 5.69 Å². The Morgan fingerprint density at radius 3 is 2.35 bits per heavy atom. The summed E-state index contributed by atoms with van der Waals surface area (Å²) >= 11 is 0. The third-order valence-corrected chi connectivity index (χ3v) is 5.81. The normalized spacial score (nSPS) is 15.6. The van der Waals surface area contributed by atoms with Crippen molar-refractivity contribution in [1.29, 1.82) is 0 Å². The molecule has 0 saturated carbocycles. The highest BCUT2D eigenvalue weighted by Gasteiger charge is 2.24. The van der Waals surface area contributed by atoms with E-state index in [9.17, 15) is 4.79 Å². The standard InChI is InChI=1S/C27H30N2O2/c30-27(28-20-25-12-7-19-29(25)24-10-5-2-6-11-24)18-15-22-13-16-26(17-14-22)31-21-23-8-3-1-4-9-23/h1-6,8-11,13-14,16-17,25H,7,12,15,18-21H2,(H,28,30). The summed E-state index contributed by atoms with van der Waals surface area (Å²) in [4.78, 5) is 14.8. The summed E-state index contributed by atoms with van der Waals surface area (Å²) < 4.78 is 5.83. The number of amides is 1. The van der Waals surface area contributed by atoms with E-state index in [0.717, 1.165) is 36.3 Å². The first kappa shape index (κ1) is 21.0. The molecule has 4 nitrogen and oxygen atoms in total. The van der Waals surface area contributed by atoms with Gasteiger partial charge in [0.15, 0.2) is 0 Å². The minimum absolute atomic E-state index is 0.115. The number of nitrogens with one attached hydrogen (secondary N) is 1. The first-order valence-corrected chi connectivity index (χ1v) is 11.1. The predicted octanol–water partition coefficient (Wildman–Crippen LogP) is 4.98. The lowest BCUT2D eigenvalue weighted by Gasteiger charge is -2.27. The molecule has 1 unspecified atom stereocenters. The van der Waals surface area contributed by atoms with Gasteiger partial charge in [0.1, 0.15) is 12.4 Å². The highest BCUT2D eigenvalue weighted by Crippen LogP contribution is 2.24. The van der Waals surface area contributed by atoms with Gasteiger partial charge in [0.25, 0.3) is 0 Å². The van der Waals surface area contributed by atoms with Gasteiger partial charge in [0.05, 0.1) is 0 Å². The number of carbonyl (C=O) groups excluding carboxylic acids is 1. The first-order chi connectivity index (χ1) is 15.3. The van der Waals surface area contributed by atoms with Gasteiger partial charge in [-0.05, 0) is 54.7 Å². The predicted molar refractivity (Wildman–Crippen MR) is 125 cm³/mol. The molecule has 1 aliphatic rings. The number of ether oxygens (including phenoxy) is 1. The lowest BCUT2D eigenvalue weighted by molar-refractivity contribution is -0.121. The fourth-order valence-corrected chi connectivity index (χ4v) is 4.08. The molecule has 1 saturated heterocycles.